The number of anilines is 1. The van der Waals surface area contributed by atoms with Gasteiger partial charge in [-0.1, -0.05) is 6.07 Å². The lowest BCUT2D eigenvalue weighted by atomic mass is 10.1. The van der Waals surface area contributed by atoms with Crippen LogP contribution in [0.4, 0.5) is 5.95 Å². The van der Waals surface area contributed by atoms with Crippen LogP contribution in [0.15, 0.2) is 24.5 Å². The van der Waals surface area contributed by atoms with Gasteiger partial charge in [0.2, 0.25) is 5.95 Å². The summed E-state index contributed by atoms with van der Waals surface area (Å²) in [4.78, 5) is 19.0. The molecule has 6 nitrogen and oxygen atoms in total. The molecule has 0 atom stereocenters. The molecule has 22 heavy (non-hydrogen) atoms. The Labute approximate surface area is 127 Å². The molecule has 1 fully saturated rings. The molecular formula is C16H17N5O. The molecule has 0 saturated carbocycles. The van der Waals surface area contributed by atoms with Gasteiger partial charge in [-0.2, -0.15) is 0 Å². The van der Waals surface area contributed by atoms with Crippen LogP contribution < -0.4 is 4.90 Å². The van der Waals surface area contributed by atoms with Crippen molar-refractivity contribution in [2.75, 3.05) is 18.0 Å². The molecule has 112 valence electrons. The topological polar surface area (TPSA) is 63.4 Å². The average Bonchev–Trinajstić information content (AvgIpc) is 3.04. The zero-order valence-electron chi connectivity index (χ0n) is 12.5. The van der Waals surface area contributed by atoms with Crippen LogP contribution in [-0.4, -0.2) is 38.5 Å². The fourth-order valence-corrected chi connectivity index (χ4v) is 3.16. The van der Waals surface area contributed by atoms with E-state index in [1.807, 2.05) is 22.6 Å². The van der Waals surface area contributed by atoms with Crippen molar-refractivity contribution >= 4 is 28.3 Å². The summed E-state index contributed by atoms with van der Waals surface area (Å²) in [5, 5.41) is 9.15. The van der Waals surface area contributed by atoms with Crippen LogP contribution in [0, 0.1) is 0 Å². The quantitative estimate of drug-likeness (QED) is 0.680. The van der Waals surface area contributed by atoms with Crippen LogP contribution >= 0.6 is 0 Å². The van der Waals surface area contributed by atoms with Crippen LogP contribution in [-0.2, 0) is 0 Å². The smallest absolute Gasteiger partial charge is 0.213 e. The summed E-state index contributed by atoms with van der Waals surface area (Å²) in [6.07, 6.45) is 5.29. The van der Waals surface area contributed by atoms with Crippen LogP contribution in [0.5, 0.6) is 0 Å². The molecule has 0 unspecified atom stereocenters. The Bertz CT molecular complexity index is 863. The third-order valence-corrected chi connectivity index (χ3v) is 4.27. The van der Waals surface area contributed by atoms with Crippen molar-refractivity contribution in [1.82, 2.24) is 19.6 Å². The van der Waals surface area contributed by atoms with E-state index in [1.165, 1.54) is 6.42 Å². The molecule has 1 saturated heterocycles. The zero-order chi connectivity index (χ0) is 15.1. The van der Waals surface area contributed by atoms with Gasteiger partial charge in [-0.25, -0.2) is 4.98 Å². The first-order valence-electron chi connectivity index (χ1n) is 7.64. The fraction of sp³-hybridized carbons (Fsp3) is 0.375. The number of ketones is 1. The average molecular weight is 295 g/mol. The van der Waals surface area contributed by atoms with Gasteiger partial charge in [0.1, 0.15) is 6.33 Å². The number of fused-ring (bicyclic) bond motifs is 3. The van der Waals surface area contributed by atoms with Gasteiger partial charge in [0.15, 0.2) is 11.4 Å². The standard InChI is InChI=1S/C16H17N5O/c1-11(22)12-6-5-7-13-14(12)18-16(20-8-3-2-4-9-20)21-10-17-19-15(13)21/h5-7,10H,2-4,8-9H2,1H3. The second-order valence-electron chi connectivity index (χ2n) is 5.74. The van der Waals surface area contributed by atoms with Gasteiger partial charge in [0.05, 0.1) is 5.52 Å². The minimum absolute atomic E-state index is 0.0200. The number of aromatic nitrogens is 4. The summed E-state index contributed by atoms with van der Waals surface area (Å²) < 4.78 is 1.93. The Morgan fingerprint density at radius 2 is 2.00 bits per heavy atom. The van der Waals surface area contributed by atoms with Crippen molar-refractivity contribution < 1.29 is 4.79 Å². The molecule has 0 aliphatic carbocycles. The molecule has 0 bridgehead atoms. The van der Waals surface area contributed by atoms with Gasteiger partial charge in [-0.15, -0.1) is 10.2 Å². The largest absolute Gasteiger partial charge is 0.342 e. The normalized spacial score (nSPS) is 15.6. The molecule has 2 aromatic heterocycles. The first-order chi connectivity index (χ1) is 10.8. The van der Waals surface area contributed by atoms with Crippen LogP contribution in [0.25, 0.3) is 16.6 Å². The maximum atomic E-state index is 11.9. The van der Waals surface area contributed by atoms with Crippen LogP contribution in [0.3, 0.4) is 0 Å². The summed E-state index contributed by atoms with van der Waals surface area (Å²) >= 11 is 0. The molecule has 0 N–H and O–H groups in total. The monoisotopic (exact) mass is 295 g/mol. The minimum Gasteiger partial charge on any atom is -0.342 e. The van der Waals surface area contributed by atoms with E-state index in [1.54, 1.807) is 13.3 Å². The number of piperidine rings is 1. The highest BCUT2D eigenvalue weighted by molar-refractivity contribution is 6.08. The van der Waals surface area contributed by atoms with Gasteiger partial charge in [-0.05, 0) is 38.3 Å². The van der Waals surface area contributed by atoms with E-state index in [0.717, 1.165) is 48.4 Å². The molecule has 0 spiro atoms. The number of Topliss-reactive ketones (excluding diaryl/α,β-unsaturated/α-hetero) is 1. The number of benzene rings is 1. The molecular weight excluding hydrogens is 278 g/mol. The zero-order valence-corrected chi connectivity index (χ0v) is 12.5. The van der Waals surface area contributed by atoms with E-state index < -0.39 is 0 Å². The molecule has 0 radical (unpaired) electrons. The Hall–Kier alpha value is -2.50. The molecule has 1 aliphatic rings. The van der Waals surface area contributed by atoms with Crippen molar-refractivity contribution in [2.45, 2.75) is 26.2 Å². The summed E-state index contributed by atoms with van der Waals surface area (Å²) in [7, 11) is 0. The number of carbonyl (C=O) groups is 1. The highest BCUT2D eigenvalue weighted by atomic mass is 16.1. The second kappa shape index (κ2) is 5.05. The SMILES string of the molecule is CC(=O)c1cccc2c1nc(N1CCCCC1)n1cnnc21. The number of carbonyl (C=O) groups excluding carboxylic acids is 1. The number of rotatable bonds is 2. The molecule has 1 aromatic carbocycles. The van der Waals surface area contributed by atoms with Gasteiger partial charge >= 0.3 is 0 Å². The third kappa shape index (κ3) is 1.94. The Kier molecular flexibility index (Phi) is 3.03. The van der Waals surface area contributed by atoms with Gasteiger partial charge in [-0.3, -0.25) is 9.20 Å². The lowest BCUT2D eigenvalue weighted by Gasteiger charge is -2.28. The lowest BCUT2D eigenvalue weighted by Crippen LogP contribution is -2.31. The van der Waals surface area contributed by atoms with Crippen LogP contribution in [0.1, 0.15) is 36.5 Å². The van der Waals surface area contributed by atoms with E-state index >= 15 is 0 Å². The van der Waals surface area contributed by atoms with Gasteiger partial charge in [0.25, 0.3) is 0 Å². The summed E-state index contributed by atoms with van der Waals surface area (Å²) in [5.41, 5.74) is 2.12. The highest BCUT2D eigenvalue weighted by Crippen LogP contribution is 2.26. The Balaban J connectivity index is 2.03. The lowest BCUT2D eigenvalue weighted by molar-refractivity contribution is 0.101. The number of hydrogen-bond acceptors (Lipinski definition) is 5. The summed E-state index contributed by atoms with van der Waals surface area (Å²) in [5.74, 6) is 0.854. The molecule has 6 heteroatoms. The van der Waals surface area contributed by atoms with E-state index in [0.29, 0.717) is 5.56 Å². The molecule has 3 aromatic rings. The van der Waals surface area contributed by atoms with Gasteiger partial charge in [0, 0.05) is 24.0 Å². The highest BCUT2D eigenvalue weighted by Gasteiger charge is 2.19. The maximum Gasteiger partial charge on any atom is 0.213 e. The first kappa shape index (κ1) is 13.2. The predicted molar refractivity (Wildman–Crippen MR) is 84.4 cm³/mol. The third-order valence-electron chi connectivity index (χ3n) is 4.27. The van der Waals surface area contributed by atoms with Crippen molar-refractivity contribution in [1.29, 1.82) is 0 Å². The van der Waals surface area contributed by atoms with Crippen molar-refractivity contribution in [3.8, 4) is 0 Å². The van der Waals surface area contributed by atoms with Crippen LogP contribution in [0.2, 0.25) is 0 Å². The minimum atomic E-state index is 0.0200. The van der Waals surface area contributed by atoms with Gasteiger partial charge < -0.3 is 4.90 Å². The summed E-state index contributed by atoms with van der Waals surface area (Å²) in [6, 6.07) is 5.64. The van der Waals surface area contributed by atoms with Crippen molar-refractivity contribution in [2.24, 2.45) is 0 Å². The van der Waals surface area contributed by atoms with E-state index in [-0.39, 0.29) is 5.78 Å². The molecule has 3 heterocycles. The van der Waals surface area contributed by atoms with Crippen molar-refractivity contribution in [3.05, 3.63) is 30.1 Å². The Morgan fingerprint density at radius 1 is 1.18 bits per heavy atom. The second-order valence-corrected chi connectivity index (χ2v) is 5.74. The van der Waals surface area contributed by atoms with E-state index in [2.05, 4.69) is 15.1 Å². The maximum absolute atomic E-state index is 11.9. The summed E-state index contributed by atoms with van der Waals surface area (Å²) in [6.45, 7) is 3.53. The van der Waals surface area contributed by atoms with E-state index in [9.17, 15) is 4.79 Å². The number of nitrogens with zero attached hydrogens (tertiary/aromatic N) is 5. The molecule has 4 rings (SSSR count). The number of hydrogen-bond donors (Lipinski definition) is 0. The Morgan fingerprint density at radius 3 is 2.77 bits per heavy atom. The predicted octanol–water partition coefficient (Wildman–Crippen LogP) is 2.47. The molecule has 0 amide bonds. The fourth-order valence-electron chi connectivity index (χ4n) is 3.16. The number of para-hydroxylation sites is 1. The van der Waals surface area contributed by atoms with E-state index in [4.69, 9.17) is 4.98 Å². The van der Waals surface area contributed by atoms with Crippen molar-refractivity contribution in [3.63, 3.8) is 0 Å². The first-order valence-corrected chi connectivity index (χ1v) is 7.64. The molecule has 1 aliphatic heterocycles.